The molecule has 0 spiro atoms. The minimum atomic E-state index is -1.22. The molecule has 3 amide bonds. The SMILES string of the molecule is NC(=O)CN(CC(=O)O)C(=O)N1CCCC1CO. The molecule has 8 heteroatoms. The van der Waals surface area contributed by atoms with Crippen LogP contribution < -0.4 is 5.73 Å². The highest BCUT2D eigenvalue weighted by molar-refractivity contribution is 5.86. The van der Waals surface area contributed by atoms with Gasteiger partial charge in [-0.3, -0.25) is 9.59 Å². The van der Waals surface area contributed by atoms with Gasteiger partial charge in [0.15, 0.2) is 0 Å². The standard InChI is InChI=1S/C10H17N3O5/c11-8(15)4-12(5-9(16)17)10(18)13-3-1-2-7(13)6-14/h7,14H,1-6H2,(H2,11,15)(H,16,17). The molecule has 0 radical (unpaired) electrons. The van der Waals surface area contributed by atoms with Gasteiger partial charge in [0, 0.05) is 6.54 Å². The van der Waals surface area contributed by atoms with E-state index in [4.69, 9.17) is 15.9 Å². The van der Waals surface area contributed by atoms with Crippen LogP contribution in [0.25, 0.3) is 0 Å². The Balaban J connectivity index is 2.74. The van der Waals surface area contributed by atoms with E-state index in [-0.39, 0.29) is 12.6 Å². The molecule has 0 saturated carbocycles. The third-order valence-corrected chi connectivity index (χ3v) is 2.78. The van der Waals surface area contributed by atoms with Gasteiger partial charge in [-0.2, -0.15) is 0 Å². The van der Waals surface area contributed by atoms with Gasteiger partial charge in [-0.25, -0.2) is 4.79 Å². The van der Waals surface area contributed by atoms with Crippen molar-refractivity contribution in [3.63, 3.8) is 0 Å². The van der Waals surface area contributed by atoms with Crippen molar-refractivity contribution < 1.29 is 24.6 Å². The third-order valence-electron chi connectivity index (χ3n) is 2.78. The number of aliphatic hydroxyl groups excluding tert-OH is 1. The second-order valence-electron chi connectivity index (χ2n) is 4.17. The fraction of sp³-hybridized carbons (Fsp3) is 0.700. The van der Waals surface area contributed by atoms with E-state index in [0.717, 1.165) is 11.3 Å². The Morgan fingerprint density at radius 3 is 2.50 bits per heavy atom. The van der Waals surface area contributed by atoms with Gasteiger partial charge in [-0.1, -0.05) is 0 Å². The molecule has 1 unspecified atom stereocenters. The first-order chi connectivity index (χ1) is 8.45. The number of hydrogen-bond acceptors (Lipinski definition) is 4. The molecule has 8 nitrogen and oxygen atoms in total. The van der Waals surface area contributed by atoms with Crippen LogP contribution in [0.2, 0.25) is 0 Å². The molecule has 4 N–H and O–H groups in total. The molecule has 102 valence electrons. The smallest absolute Gasteiger partial charge is 0.323 e. The summed E-state index contributed by atoms with van der Waals surface area (Å²) in [5, 5.41) is 17.8. The van der Waals surface area contributed by atoms with Crippen LogP contribution in [0.1, 0.15) is 12.8 Å². The Morgan fingerprint density at radius 2 is 2.00 bits per heavy atom. The fourth-order valence-corrected chi connectivity index (χ4v) is 2.00. The summed E-state index contributed by atoms with van der Waals surface area (Å²) in [5.74, 6) is -1.99. The lowest BCUT2D eigenvalue weighted by Crippen LogP contribution is -2.50. The van der Waals surface area contributed by atoms with Gasteiger partial charge in [0.05, 0.1) is 12.6 Å². The number of carboxylic acid groups (broad SMARTS) is 1. The molecule has 18 heavy (non-hydrogen) atoms. The number of carbonyl (C=O) groups excluding carboxylic acids is 2. The number of nitrogens with zero attached hydrogens (tertiary/aromatic N) is 2. The molecule has 0 aromatic heterocycles. The molecule has 0 aromatic carbocycles. The van der Waals surface area contributed by atoms with Crippen molar-refractivity contribution in [3.05, 3.63) is 0 Å². The zero-order valence-electron chi connectivity index (χ0n) is 9.91. The summed E-state index contributed by atoms with van der Waals surface area (Å²) in [6.07, 6.45) is 1.41. The predicted octanol–water partition coefficient (Wildman–Crippen LogP) is -1.56. The summed E-state index contributed by atoms with van der Waals surface area (Å²) in [4.78, 5) is 35.8. The molecule has 1 saturated heterocycles. The van der Waals surface area contributed by atoms with Crippen molar-refractivity contribution in [1.29, 1.82) is 0 Å². The largest absolute Gasteiger partial charge is 0.480 e. The molecular formula is C10H17N3O5. The van der Waals surface area contributed by atoms with Gasteiger partial charge in [-0.05, 0) is 12.8 Å². The van der Waals surface area contributed by atoms with E-state index in [1.807, 2.05) is 0 Å². The van der Waals surface area contributed by atoms with E-state index in [0.29, 0.717) is 13.0 Å². The first kappa shape index (κ1) is 14.2. The molecule has 1 heterocycles. The Bertz CT molecular complexity index is 330. The van der Waals surface area contributed by atoms with Crippen molar-refractivity contribution in [2.24, 2.45) is 5.73 Å². The number of amides is 3. The average Bonchev–Trinajstić information content (AvgIpc) is 2.73. The third kappa shape index (κ3) is 3.59. The van der Waals surface area contributed by atoms with E-state index >= 15 is 0 Å². The highest BCUT2D eigenvalue weighted by atomic mass is 16.4. The number of hydrogen-bond donors (Lipinski definition) is 3. The first-order valence-electron chi connectivity index (χ1n) is 5.62. The van der Waals surface area contributed by atoms with Gasteiger partial charge in [0.2, 0.25) is 5.91 Å². The summed E-state index contributed by atoms with van der Waals surface area (Å²) in [6.45, 7) is -0.766. The fourth-order valence-electron chi connectivity index (χ4n) is 2.00. The maximum atomic E-state index is 12.1. The van der Waals surface area contributed by atoms with Crippen LogP contribution in [0.5, 0.6) is 0 Å². The second kappa shape index (κ2) is 6.20. The van der Waals surface area contributed by atoms with E-state index in [2.05, 4.69) is 0 Å². The number of carboxylic acids is 1. The maximum absolute atomic E-state index is 12.1. The molecule has 1 rings (SSSR count). The second-order valence-corrected chi connectivity index (χ2v) is 4.17. The lowest BCUT2D eigenvalue weighted by molar-refractivity contribution is -0.138. The summed E-state index contributed by atoms with van der Waals surface area (Å²) < 4.78 is 0. The Kier molecular flexibility index (Phi) is 4.90. The quantitative estimate of drug-likeness (QED) is 0.550. The van der Waals surface area contributed by atoms with Crippen molar-refractivity contribution in [2.75, 3.05) is 26.2 Å². The van der Waals surface area contributed by atoms with E-state index in [9.17, 15) is 14.4 Å². The Morgan fingerprint density at radius 1 is 1.33 bits per heavy atom. The Hall–Kier alpha value is -1.83. The highest BCUT2D eigenvalue weighted by Gasteiger charge is 2.32. The molecule has 0 aliphatic carbocycles. The molecule has 1 fully saturated rings. The van der Waals surface area contributed by atoms with Crippen LogP contribution in [0.3, 0.4) is 0 Å². The average molecular weight is 259 g/mol. The van der Waals surface area contributed by atoms with Crippen molar-refractivity contribution >= 4 is 17.9 Å². The van der Waals surface area contributed by atoms with Crippen LogP contribution in [-0.2, 0) is 9.59 Å². The van der Waals surface area contributed by atoms with Crippen LogP contribution in [0, 0.1) is 0 Å². The molecule has 1 aliphatic heterocycles. The molecule has 0 aromatic rings. The van der Waals surface area contributed by atoms with Gasteiger partial charge < -0.3 is 25.7 Å². The number of carbonyl (C=O) groups is 3. The van der Waals surface area contributed by atoms with Crippen LogP contribution in [-0.4, -0.2) is 70.2 Å². The number of rotatable bonds is 5. The zero-order chi connectivity index (χ0) is 13.7. The summed E-state index contributed by atoms with van der Waals surface area (Å²) in [5.41, 5.74) is 4.98. The van der Waals surface area contributed by atoms with Gasteiger partial charge in [0.25, 0.3) is 0 Å². The maximum Gasteiger partial charge on any atom is 0.323 e. The number of aliphatic hydroxyl groups is 1. The zero-order valence-corrected chi connectivity index (χ0v) is 9.91. The van der Waals surface area contributed by atoms with Crippen LogP contribution in [0.15, 0.2) is 0 Å². The topological polar surface area (TPSA) is 124 Å². The van der Waals surface area contributed by atoms with Crippen LogP contribution >= 0.6 is 0 Å². The minimum Gasteiger partial charge on any atom is -0.480 e. The lowest BCUT2D eigenvalue weighted by Gasteiger charge is -2.29. The van der Waals surface area contributed by atoms with Crippen molar-refractivity contribution in [1.82, 2.24) is 9.80 Å². The summed E-state index contributed by atoms with van der Waals surface area (Å²) >= 11 is 0. The summed E-state index contributed by atoms with van der Waals surface area (Å²) in [6, 6.07) is -0.894. The van der Waals surface area contributed by atoms with Gasteiger partial charge in [-0.15, -0.1) is 0 Å². The monoisotopic (exact) mass is 259 g/mol. The van der Waals surface area contributed by atoms with Gasteiger partial charge in [0.1, 0.15) is 13.1 Å². The number of likely N-dealkylation sites (tertiary alicyclic amines) is 1. The first-order valence-corrected chi connectivity index (χ1v) is 5.62. The lowest BCUT2D eigenvalue weighted by atomic mass is 10.2. The predicted molar refractivity (Wildman–Crippen MR) is 60.6 cm³/mol. The molecule has 1 atom stereocenters. The van der Waals surface area contributed by atoms with Crippen molar-refractivity contribution in [2.45, 2.75) is 18.9 Å². The molecular weight excluding hydrogens is 242 g/mol. The molecule has 0 bridgehead atoms. The van der Waals surface area contributed by atoms with E-state index in [1.165, 1.54) is 4.90 Å². The number of primary amides is 1. The number of urea groups is 1. The van der Waals surface area contributed by atoms with Crippen molar-refractivity contribution in [3.8, 4) is 0 Å². The number of aliphatic carboxylic acids is 1. The minimum absolute atomic E-state index is 0.177. The van der Waals surface area contributed by atoms with E-state index < -0.39 is 31.0 Å². The van der Waals surface area contributed by atoms with Gasteiger partial charge >= 0.3 is 12.0 Å². The molecule has 1 aliphatic rings. The van der Waals surface area contributed by atoms with E-state index in [1.54, 1.807) is 0 Å². The normalized spacial score (nSPS) is 18.7. The summed E-state index contributed by atoms with van der Waals surface area (Å²) in [7, 11) is 0. The highest BCUT2D eigenvalue weighted by Crippen LogP contribution is 2.18. The Labute approximate surface area is 104 Å². The van der Waals surface area contributed by atoms with Crippen LogP contribution in [0.4, 0.5) is 4.79 Å². The number of nitrogens with two attached hydrogens (primary N) is 1.